The Kier molecular flexibility index (Phi) is 12.2. The van der Waals surface area contributed by atoms with Crippen LogP contribution >= 0.6 is 15.9 Å². The van der Waals surface area contributed by atoms with Crippen molar-refractivity contribution in [1.82, 2.24) is 10.2 Å². The van der Waals surface area contributed by atoms with E-state index in [1.807, 2.05) is 82.3 Å². The Bertz CT molecular complexity index is 1460. The minimum atomic E-state index is -3.61. The number of benzene rings is 3. The molecule has 0 unspecified atom stereocenters. The Balaban J connectivity index is 1.88. The van der Waals surface area contributed by atoms with E-state index >= 15 is 0 Å². The lowest BCUT2D eigenvalue weighted by molar-refractivity contribution is -0.142. The first-order valence-electron chi connectivity index (χ1n) is 14.4. The molecule has 43 heavy (non-hydrogen) atoms. The zero-order valence-electron chi connectivity index (χ0n) is 25.5. The molecule has 3 aromatic rings. The lowest BCUT2D eigenvalue weighted by Crippen LogP contribution is -2.54. The van der Waals surface area contributed by atoms with Crippen LogP contribution in [0.2, 0.25) is 0 Å². The fraction of sp³-hybridized carbons (Fsp3) is 0.394. The number of nitrogens with zero attached hydrogens (tertiary/aromatic N) is 2. The second-order valence-corrected chi connectivity index (χ2v) is 14.3. The monoisotopic (exact) mass is 671 g/mol. The number of nitrogens with one attached hydrogen (secondary N) is 1. The number of rotatable bonds is 14. The van der Waals surface area contributed by atoms with Gasteiger partial charge in [-0.25, -0.2) is 8.42 Å². The largest absolute Gasteiger partial charge is 0.494 e. The molecule has 0 saturated heterocycles. The SMILES string of the molecule is CCOc1ccc(N(CCCC(=O)N(Cc2cccc(Br)c2)[C@@H](Cc2ccccc2)C(=O)NC(C)(C)C)S(C)(=O)=O)cc1. The molecule has 0 aliphatic rings. The maximum Gasteiger partial charge on any atom is 0.243 e. The molecule has 0 heterocycles. The molecule has 0 spiro atoms. The Morgan fingerprint density at radius 1 is 0.953 bits per heavy atom. The van der Waals surface area contributed by atoms with E-state index in [0.29, 0.717) is 24.5 Å². The van der Waals surface area contributed by atoms with Crippen molar-refractivity contribution in [3.8, 4) is 5.75 Å². The Morgan fingerprint density at radius 2 is 1.60 bits per heavy atom. The van der Waals surface area contributed by atoms with Crippen LogP contribution in [-0.4, -0.2) is 56.1 Å². The smallest absolute Gasteiger partial charge is 0.243 e. The fourth-order valence-corrected chi connectivity index (χ4v) is 6.13. The molecule has 0 bridgehead atoms. The third-order valence-corrected chi connectivity index (χ3v) is 8.29. The van der Waals surface area contributed by atoms with E-state index in [2.05, 4.69) is 21.2 Å². The lowest BCUT2D eigenvalue weighted by Gasteiger charge is -2.34. The van der Waals surface area contributed by atoms with Crippen LogP contribution in [0.3, 0.4) is 0 Å². The molecule has 0 saturated carbocycles. The van der Waals surface area contributed by atoms with Crippen LogP contribution in [-0.2, 0) is 32.6 Å². The van der Waals surface area contributed by atoms with E-state index < -0.39 is 21.6 Å². The first kappa shape index (κ1) is 34.1. The highest BCUT2D eigenvalue weighted by molar-refractivity contribution is 9.10. The van der Waals surface area contributed by atoms with Crippen LogP contribution in [0, 0.1) is 0 Å². The number of amides is 2. The average Bonchev–Trinajstić information content (AvgIpc) is 2.92. The molecule has 1 atom stereocenters. The summed E-state index contributed by atoms with van der Waals surface area (Å²) in [6.45, 7) is 8.45. The molecule has 0 fully saturated rings. The van der Waals surface area contributed by atoms with E-state index in [-0.39, 0.29) is 37.7 Å². The standard InChI is InChI=1S/C33H42BrN3O5S/c1-6-42-29-19-17-28(18-20-29)37(43(5,40)41)21-11-16-31(38)36(24-26-14-10-15-27(34)22-26)30(32(39)35-33(2,3)4)23-25-12-8-7-9-13-25/h7-10,12-15,17-20,22,30H,6,11,16,21,23-24H2,1-5H3,(H,35,39)/t30-/m0/s1. The molecule has 10 heteroatoms. The van der Waals surface area contributed by atoms with Gasteiger partial charge in [-0.15, -0.1) is 0 Å². The van der Waals surface area contributed by atoms with Crippen LogP contribution in [0.15, 0.2) is 83.3 Å². The van der Waals surface area contributed by atoms with Crippen molar-refractivity contribution in [1.29, 1.82) is 0 Å². The molecule has 2 amide bonds. The van der Waals surface area contributed by atoms with Gasteiger partial charge in [0, 0.05) is 35.9 Å². The summed E-state index contributed by atoms with van der Waals surface area (Å²) in [6.07, 6.45) is 1.82. The number of carbonyl (C=O) groups excluding carboxylic acids is 2. The molecule has 0 aromatic heterocycles. The average molecular weight is 673 g/mol. The van der Waals surface area contributed by atoms with Crippen molar-refractivity contribution in [2.75, 3.05) is 23.7 Å². The van der Waals surface area contributed by atoms with Crippen molar-refractivity contribution in [3.05, 3.63) is 94.5 Å². The molecule has 232 valence electrons. The Morgan fingerprint density at radius 3 is 2.19 bits per heavy atom. The molecule has 3 aromatic carbocycles. The second kappa shape index (κ2) is 15.4. The number of halogens is 1. The van der Waals surface area contributed by atoms with Crippen LogP contribution in [0.4, 0.5) is 5.69 Å². The third kappa shape index (κ3) is 11.0. The summed E-state index contributed by atoms with van der Waals surface area (Å²) in [4.78, 5) is 29.3. The normalized spacial score (nSPS) is 12.3. The minimum Gasteiger partial charge on any atom is -0.494 e. The van der Waals surface area contributed by atoms with Gasteiger partial charge in [0.2, 0.25) is 21.8 Å². The van der Waals surface area contributed by atoms with Crippen LogP contribution in [0.1, 0.15) is 51.7 Å². The van der Waals surface area contributed by atoms with Gasteiger partial charge >= 0.3 is 0 Å². The zero-order valence-corrected chi connectivity index (χ0v) is 27.9. The molecule has 0 radical (unpaired) electrons. The van der Waals surface area contributed by atoms with Gasteiger partial charge in [0.05, 0.1) is 18.6 Å². The maximum absolute atomic E-state index is 14.0. The van der Waals surface area contributed by atoms with E-state index in [1.54, 1.807) is 29.2 Å². The molecular formula is C33H42BrN3O5S. The first-order chi connectivity index (χ1) is 20.3. The first-order valence-corrected chi connectivity index (χ1v) is 17.0. The summed E-state index contributed by atoms with van der Waals surface area (Å²) in [5.41, 5.74) is 1.80. The highest BCUT2D eigenvalue weighted by Gasteiger charge is 2.32. The molecular weight excluding hydrogens is 630 g/mol. The summed E-state index contributed by atoms with van der Waals surface area (Å²) in [6, 6.07) is 23.3. The van der Waals surface area contributed by atoms with Crippen molar-refractivity contribution in [3.63, 3.8) is 0 Å². The number of hydrogen-bond acceptors (Lipinski definition) is 5. The van der Waals surface area contributed by atoms with E-state index in [0.717, 1.165) is 21.9 Å². The molecule has 0 aliphatic heterocycles. The van der Waals surface area contributed by atoms with E-state index in [9.17, 15) is 18.0 Å². The van der Waals surface area contributed by atoms with Crippen LogP contribution < -0.4 is 14.4 Å². The van der Waals surface area contributed by atoms with Gasteiger partial charge in [0.25, 0.3) is 0 Å². The van der Waals surface area contributed by atoms with Gasteiger partial charge in [0.1, 0.15) is 11.8 Å². The molecule has 1 N–H and O–H groups in total. The lowest BCUT2D eigenvalue weighted by atomic mass is 10.00. The van der Waals surface area contributed by atoms with Gasteiger partial charge < -0.3 is 15.0 Å². The highest BCUT2D eigenvalue weighted by atomic mass is 79.9. The van der Waals surface area contributed by atoms with Crippen molar-refractivity contribution >= 4 is 43.5 Å². The van der Waals surface area contributed by atoms with Gasteiger partial charge in [-0.1, -0.05) is 58.4 Å². The Hall–Kier alpha value is -3.37. The van der Waals surface area contributed by atoms with Gasteiger partial charge in [-0.3, -0.25) is 13.9 Å². The number of sulfonamides is 1. The minimum absolute atomic E-state index is 0.0607. The Labute approximate surface area is 264 Å². The van der Waals surface area contributed by atoms with E-state index in [1.165, 1.54) is 4.31 Å². The number of carbonyl (C=O) groups is 2. The van der Waals surface area contributed by atoms with Crippen molar-refractivity contribution < 1.29 is 22.7 Å². The number of anilines is 1. The molecule has 8 nitrogen and oxygen atoms in total. The number of ether oxygens (including phenoxy) is 1. The van der Waals surface area contributed by atoms with E-state index in [4.69, 9.17) is 4.74 Å². The van der Waals surface area contributed by atoms with Crippen molar-refractivity contribution in [2.24, 2.45) is 0 Å². The van der Waals surface area contributed by atoms with Crippen LogP contribution in [0.5, 0.6) is 5.75 Å². The predicted octanol–water partition coefficient (Wildman–Crippen LogP) is 5.95. The number of hydrogen-bond donors (Lipinski definition) is 1. The fourth-order valence-electron chi connectivity index (χ4n) is 4.72. The summed E-state index contributed by atoms with van der Waals surface area (Å²) in [7, 11) is -3.61. The quantitative estimate of drug-likeness (QED) is 0.229. The predicted molar refractivity (Wildman–Crippen MR) is 176 cm³/mol. The summed E-state index contributed by atoms with van der Waals surface area (Å²) in [5.74, 6) is 0.174. The molecule has 0 aliphatic carbocycles. The zero-order chi connectivity index (χ0) is 31.6. The van der Waals surface area contributed by atoms with Gasteiger partial charge in [0.15, 0.2) is 0 Å². The summed E-state index contributed by atoms with van der Waals surface area (Å²) in [5, 5.41) is 3.06. The van der Waals surface area contributed by atoms with Crippen molar-refractivity contribution in [2.45, 2.75) is 65.1 Å². The molecule has 3 rings (SSSR count). The highest BCUT2D eigenvalue weighted by Crippen LogP contribution is 2.23. The topological polar surface area (TPSA) is 96.0 Å². The summed E-state index contributed by atoms with van der Waals surface area (Å²) < 4.78 is 33.0. The second-order valence-electron chi connectivity index (χ2n) is 11.5. The maximum atomic E-state index is 14.0. The third-order valence-electron chi connectivity index (χ3n) is 6.60. The van der Waals surface area contributed by atoms with Crippen LogP contribution in [0.25, 0.3) is 0 Å². The summed E-state index contributed by atoms with van der Waals surface area (Å²) >= 11 is 3.51. The van der Waals surface area contributed by atoms with Gasteiger partial charge in [-0.05, 0) is 81.6 Å². The van der Waals surface area contributed by atoms with Gasteiger partial charge in [-0.2, -0.15) is 0 Å².